The highest BCUT2D eigenvalue weighted by Gasteiger charge is 2.38. The van der Waals surface area contributed by atoms with Gasteiger partial charge < -0.3 is 4.90 Å². The van der Waals surface area contributed by atoms with Crippen molar-refractivity contribution in [3.63, 3.8) is 0 Å². The first-order valence-electron chi connectivity index (χ1n) is 25.3. The standard InChI is InChI=1S/C70H49NS/c1-69(2)63-25-12-9-20-52(63)54-34-32-46(38-65(54)69)71(47-33-35-55-53-21-10-13-26-64(53)70(3,4)66(55)39-47)45-31-30-42-36-44(29-28-43(42)37-45)59-40-61-51-19-8-7-18-50(51)60(41-62(61)49-17-6-5-16-48(49)59)58-24-15-23-57-56-22-11-14-27-67(56)72-68(57)58/h5-41H,1-4H3. The molecule has 0 bridgehead atoms. The fraction of sp³-hybridized carbons (Fsp3) is 0.0857. The van der Waals surface area contributed by atoms with Crippen molar-refractivity contribution >= 4 is 91.7 Å². The third-order valence-electron chi connectivity index (χ3n) is 16.6. The van der Waals surface area contributed by atoms with Gasteiger partial charge >= 0.3 is 0 Å². The Kier molecular flexibility index (Phi) is 8.70. The normalized spacial score (nSPS) is 14.1. The molecule has 72 heavy (non-hydrogen) atoms. The van der Waals surface area contributed by atoms with Crippen LogP contribution in [0.25, 0.3) is 108 Å². The molecule has 2 aliphatic rings. The van der Waals surface area contributed by atoms with E-state index in [9.17, 15) is 0 Å². The average molecular weight is 936 g/mol. The second-order valence-corrected chi connectivity index (χ2v) is 22.2. The second kappa shape index (κ2) is 15.1. The van der Waals surface area contributed by atoms with Crippen LogP contribution in [0.2, 0.25) is 0 Å². The number of hydrogen-bond donors (Lipinski definition) is 0. The van der Waals surface area contributed by atoms with Crippen LogP contribution in [0.1, 0.15) is 49.9 Å². The van der Waals surface area contributed by atoms with Crippen molar-refractivity contribution in [2.75, 3.05) is 4.90 Å². The number of hydrogen-bond acceptors (Lipinski definition) is 2. The molecular formula is C70H49NS. The van der Waals surface area contributed by atoms with E-state index < -0.39 is 0 Å². The topological polar surface area (TPSA) is 3.24 Å². The fourth-order valence-corrected chi connectivity index (χ4v) is 14.3. The molecule has 340 valence electrons. The van der Waals surface area contributed by atoms with Crippen molar-refractivity contribution in [2.24, 2.45) is 0 Å². The Bertz CT molecular complexity index is 4360. The minimum atomic E-state index is -0.120. The summed E-state index contributed by atoms with van der Waals surface area (Å²) in [7, 11) is 0. The summed E-state index contributed by atoms with van der Waals surface area (Å²) >= 11 is 1.90. The summed E-state index contributed by atoms with van der Waals surface area (Å²) in [5, 5.41) is 12.7. The quantitative estimate of drug-likeness (QED) is 0.155. The maximum absolute atomic E-state index is 2.49. The van der Waals surface area contributed by atoms with E-state index in [0.717, 1.165) is 17.1 Å². The molecule has 0 saturated carbocycles. The summed E-state index contributed by atoms with van der Waals surface area (Å²) in [5.41, 5.74) is 19.1. The molecule has 1 aromatic heterocycles. The smallest absolute Gasteiger partial charge is 0.0468 e. The van der Waals surface area contributed by atoms with E-state index in [0.29, 0.717) is 0 Å². The Balaban J connectivity index is 0.881. The van der Waals surface area contributed by atoms with Crippen LogP contribution in [0.4, 0.5) is 17.1 Å². The van der Waals surface area contributed by atoms with Crippen molar-refractivity contribution in [1.29, 1.82) is 0 Å². The van der Waals surface area contributed by atoms with Gasteiger partial charge in [0.2, 0.25) is 0 Å². The van der Waals surface area contributed by atoms with E-state index in [1.165, 1.54) is 130 Å². The molecule has 1 nitrogen and oxygen atoms in total. The van der Waals surface area contributed by atoms with Crippen LogP contribution in [0.5, 0.6) is 0 Å². The Labute approximate surface area is 423 Å². The van der Waals surface area contributed by atoms with Gasteiger partial charge in [-0.3, -0.25) is 0 Å². The van der Waals surface area contributed by atoms with Crippen LogP contribution in [0.3, 0.4) is 0 Å². The highest BCUT2D eigenvalue weighted by molar-refractivity contribution is 7.26. The molecule has 0 amide bonds. The first-order chi connectivity index (χ1) is 35.2. The van der Waals surface area contributed by atoms with Gasteiger partial charge in [0.25, 0.3) is 0 Å². The van der Waals surface area contributed by atoms with Crippen molar-refractivity contribution in [3.8, 4) is 44.5 Å². The zero-order valence-corrected chi connectivity index (χ0v) is 41.5. The van der Waals surface area contributed by atoms with Gasteiger partial charge in [-0.2, -0.15) is 0 Å². The van der Waals surface area contributed by atoms with Gasteiger partial charge in [-0.05, 0) is 165 Å². The second-order valence-electron chi connectivity index (χ2n) is 21.2. The first-order valence-corrected chi connectivity index (χ1v) is 26.1. The maximum Gasteiger partial charge on any atom is 0.0468 e. The Morgan fingerprint density at radius 2 is 0.750 bits per heavy atom. The van der Waals surface area contributed by atoms with E-state index in [2.05, 4.69) is 257 Å². The van der Waals surface area contributed by atoms with Crippen molar-refractivity contribution < 1.29 is 0 Å². The SMILES string of the molecule is CC1(C)c2ccccc2-c2ccc(N(c3ccc4c(c3)C(C)(C)c3ccccc3-4)c3ccc4cc(-c5cc6c7ccccc7c(-c7cccc8c7sc7ccccc78)cc6c6ccccc56)ccc4c3)cc21. The van der Waals surface area contributed by atoms with E-state index in [4.69, 9.17) is 0 Å². The lowest BCUT2D eigenvalue weighted by Gasteiger charge is -2.30. The highest BCUT2D eigenvalue weighted by atomic mass is 32.1. The van der Waals surface area contributed by atoms with Crippen LogP contribution < -0.4 is 4.90 Å². The number of rotatable bonds is 5. The summed E-state index contributed by atoms with van der Waals surface area (Å²) in [6, 6.07) is 84.9. The van der Waals surface area contributed by atoms with Crippen LogP contribution in [0.15, 0.2) is 224 Å². The lowest BCUT2D eigenvalue weighted by Crippen LogP contribution is -2.18. The minimum Gasteiger partial charge on any atom is -0.310 e. The Morgan fingerprint density at radius 1 is 0.292 bits per heavy atom. The summed E-state index contributed by atoms with van der Waals surface area (Å²) in [5.74, 6) is 0. The van der Waals surface area contributed by atoms with Gasteiger partial charge in [0, 0.05) is 53.6 Å². The van der Waals surface area contributed by atoms with Crippen molar-refractivity contribution in [1.82, 2.24) is 0 Å². The van der Waals surface area contributed by atoms with Crippen LogP contribution in [-0.2, 0) is 10.8 Å². The zero-order chi connectivity index (χ0) is 48.0. The van der Waals surface area contributed by atoms with Gasteiger partial charge in [0.15, 0.2) is 0 Å². The van der Waals surface area contributed by atoms with Crippen LogP contribution in [0, 0.1) is 0 Å². The van der Waals surface area contributed by atoms with E-state index in [1.54, 1.807) is 0 Å². The van der Waals surface area contributed by atoms with Crippen LogP contribution >= 0.6 is 11.3 Å². The molecule has 0 fully saturated rings. The predicted octanol–water partition coefficient (Wildman–Crippen LogP) is 20.1. The van der Waals surface area contributed by atoms with Gasteiger partial charge in [-0.1, -0.05) is 191 Å². The lowest BCUT2D eigenvalue weighted by molar-refractivity contribution is 0.660. The summed E-state index contributed by atoms with van der Waals surface area (Å²) in [4.78, 5) is 2.49. The molecule has 2 heteroatoms. The molecule has 0 radical (unpaired) electrons. The maximum atomic E-state index is 2.49. The van der Waals surface area contributed by atoms with Gasteiger partial charge in [0.1, 0.15) is 0 Å². The molecule has 0 N–H and O–H groups in total. The van der Waals surface area contributed by atoms with Crippen molar-refractivity contribution in [2.45, 2.75) is 38.5 Å². The summed E-state index contributed by atoms with van der Waals surface area (Å²) < 4.78 is 2.67. The molecule has 0 saturated heterocycles. The molecule has 1 heterocycles. The van der Waals surface area contributed by atoms with Gasteiger partial charge in [-0.25, -0.2) is 0 Å². The molecule has 2 aliphatic carbocycles. The molecule has 0 spiro atoms. The largest absolute Gasteiger partial charge is 0.310 e. The number of nitrogens with zero attached hydrogens (tertiary/aromatic N) is 1. The third-order valence-corrected chi connectivity index (χ3v) is 17.8. The van der Waals surface area contributed by atoms with Gasteiger partial charge in [0.05, 0.1) is 0 Å². The predicted molar refractivity (Wildman–Crippen MR) is 310 cm³/mol. The van der Waals surface area contributed by atoms with Crippen LogP contribution in [-0.4, -0.2) is 0 Å². The number of anilines is 3. The number of benzene rings is 12. The average Bonchev–Trinajstić information content (AvgIpc) is 4.00. The summed E-state index contributed by atoms with van der Waals surface area (Å²) in [6.07, 6.45) is 0. The first kappa shape index (κ1) is 41.5. The molecule has 0 aliphatic heterocycles. The molecule has 15 rings (SSSR count). The lowest BCUT2D eigenvalue weighted by atomic mass is 9.82. The minimum absolute atomic E-state index is 0.120. The molecule has 12 aromatic carbocycles. The number of thiophene rings is 1. The molecule has 0 unspecified atom stereocenters. The Hall–Kier alpha value is -8.30. The van der Waals surface area contributed by atoms with Crippen molar-refractivity contribution in [3.05, 3.63) is 247 Å². The fourth-order valence-electron chi connectivity index (χ4n) is 13.0. The highest BCUT2D eigenvalue weighted by Crippen LogP contribution is 2.54. The van der Waals surface area contributed by atoms with E-state index in [-0.39, 0.29) is 10.8 Å². The molecular weight excluding hydrogens is 887 g/mol. The monoisotopic (exact) mass is 935 g/mol. The van der Waals surface area contributed by atoms with Gasteiger partial charge in [-0.15, -0.1) is 11.3 Å². The third kappa shape index (κ3) is 5.88. The Morgan fingerprint density at radius 3 is 1.40 bits per heavy atom. The van der Waals surface area contributed by atoms with E-state index in [1.807, 2.05) is 11.3 Å². The number of fused-ring (bicyclic) bond motifs is 15. The zero-order valence-electron chi connectivity index (χ0n) is 40.7. The molecule has 0 atom stereocenters. The summed E-state index contributed by atoms with van der Waals surface area (Å²) in [6.45, 7) is 9.50. The van der Waals surface area contributed by atoms with E-state index >= 15 is 0 Å². The molecule has 13 aromatic rings.